The molecule has 1 amide bonds. The van der Waals surface area contributed by atoms with Gasteiger partial charge >= 0.3 is 5.69 Å². The molecule has 0 aliphatic carbocycles. The maximum atomic E-state index is 13.3. The second kappa shape index (κ2) is 10.4. The number of ether oxygens (including phenoxy) is 2. The third kappa shape index (κ3) is 5.04. The van der Waals surface area contributed by atoms with E-state index in [-0.39, 0.29) is 24.6 Å². The van der Waals surface area contributed by atoms with Gasteiger partial charge in [-0.2, -0.15) is 0 Å². The Hall–Kier alpha value is -3.85. The summed E-state index contributed by atoms with van der Waals surface area (Å²) in [7, 11) is 0. The van der Waals surface area contributed by atoms with Crippen molar-refractivity contribution >= 4 is 33.1 Å². The highest BCUT2D eigenvalue weighted by molar-refractivity contribution is 7.17. The average Bonchev–Trinajstić information content (AvgIpc) is 3.32. The van der Waals surface area contributed by atoms with E-state index in [0.717, 1.165) is 11.3 Å². The average molecular weight is 480 g/mol. The summed E-state index contributed by atoms with van der Waals surface area (Å²) in [5.41, 5.74) is 0.915. The Morgan fingerprint density at radius 2 is 1.50 bits per heavy atom. The summed E-state index contributed by atoms with van der Waals surface area (Å²) >= 11 is 1.25. The highest BCUT2D eigenvalue weighted by Gasteiger charge is 2.17. The van der Waals surface area contributed by atoms with Gasteiger partial charge in [0, 0.05) is 5.69 Å². The van der Waals surface area contributed by atoms with Gasteiger partial charge in [0.15, 0.2) is 0 Å². The molecule has 0 unspecified atom stereocenters. The van der Waals surface area contributed by atoms with Gasteiger partial charge in [0.05, 0.1) is 25.3 Å². The van der Waals surface area contributed by atoms with Gasteiger partial charge in [-0.15, -0.1) is 11.3 Å². The van der Waals surface area contributed by atoms with E-state index >= 15 is 0 Å². The number of rotatable bonds is 9. The van der Waals surface area contributed by atoms with E-state index in [9.17, 15) is 14.4 Å². The predicted octanol–water partition coefficient (Wildman–Crippen LogP) is 3.71. The van der Waals surface area contributed by atoms with Crippen LogP contribution in [0.3, 0.4) is 0 Å². The summed E-state index contributed by atoms with van der Waals surface area (Å²) in [6, 6.07) is 15.9. The molecular weight excluding hydrogens is 454 g/mol. The first-order valence-electron chi connectivity index (χ1n) is 11.0. The Balaban J connectivity index is 1.61. The minimum Gasteiger partial charge on any atom is -0.494 e. The molecule has 0 fully saturated rings. The zero-order valence-corrected chi connectivity index (χ0v) is 19.8. The van der Waals surface area contributed by atoms with Gasteiger partial charge in [-0.3, -0.25) is 18.7 Å². The Morgan fingerprint density at radius 3 is 2.12 bits per heavy atom. The molecular formula is C25H25N3O5S. The van der Waals surface area contributed by atoms with E-state index in [1.807, 2.05) is 26.0 Å². The second-order valence-electron chi connectivity index (χ2n) is 7.48. The van der Waals surface area contributed by atoms with E-state index in [2.05, 4.69) is 5.32 Å². The number of nitrogens with zero attached hydrogens (tertiary/aromatic N) is 2. The van der Waals surface area contributed by atoms with Crippen LogP contribution in [0.4, 0.5) is 5.69 Å². The van der Waals surface area contributed by atoms with Crippen molar-refractivity contribution in [2.75, 3.05) is 18.5 Å². The molecule has 4 rings (SSSR count). The maximum Gasteiger partial charge on any atom is 0.332 e. The summed E-state index contributed by atoms with van der Waals surface area (Å²) in [6.45, 7) is 4.78. The van der Waals surface area contributed by atoms with E-state index in [1.165, 1.54) is 20.5 Å². The largest absolute Gasteiger partial charge is 0.494 e. The zero-order valence-electron chi connectivity index (χ0n) is 18.9. The molecule has 2 aromatic carbocycles. The fraction of sp³-hybridized carbons (Fsp3) is 0.240. The zero-order chi connectivity index (χ0) is 24.1. The number of hydrogen-bond donors (Lipinski definition) is 1. The van der Waals surface area contributed by atoms with Gasteiger partial charge in [-0.25, -0.2) is 4.79 Å². The molecule has 0 aliphatic rings. The number of carbonyl (C=O) groups excluding carboxylic acids is 1. The molecule has 176 valence electrons. The summed E-state index contributed by atoms with van der Waals surface area (Å²) in [6.07, 6.45) is 0. The van der Waals surface area contributed by atoms with E-state index in [0.29, 0.717) is 34.9 Å². The molecule has 2 heterocycles. The van der Waals surface area contributed by atoms with Crippen LogP contribution in [-0.4, -0.2) is 28.3 Å². The Kier molecular flexibility index (Phi) is 7.12. The molecule has 0 atom stereocenters. The van der Waals surface area contributed by atoms with Crippen LogP contribution in [0, 0.1) is 0 Å². The lowest BCUT2D eigenvalue weighted by Crippen LogP contribution is -2.41. The number of thiophene rings is 1. The molecule has 0 bridgehead atoms. The first-order chi connectivity index (χ1) is 16.5. The van der Waals surface area contributed by atoms with Crippen molar-refractivity contribution in [1.82, 2.24) is 9.13 Å². The van der Waals surface area contributed by atoms with Crippen LogP contribution in [0.1, 0.15) is 19.4 Å². The van der Waals surface area contributed by atoms with Crippen molar-refractivity contribution in [2.45, 2.75) is 26.9 Å². The third-order valence-corrected chi connectivity index (χ3v) is 6.05. The van der Waals surface area contributed by atoms with E-state index in [1.54, 1.807) is 47.8 Å². The van der Waals surface area contributed by atoms with E-state index in [4.69, 9.17) is 9.47 Å². The number of anilines is 1. The SMILES string of the molecule is CCOc1ccc(Cn2c(=O)c3sccc3n(CC(=O)Nc3ccc(OCC)cc3)c2=O)cc1. The van der Waals surface area contributed by atoms with Crippen LogP contribution < -0.4 is 26.0 Å². The first kappa shape index (κ1) is 23.3. The highest BCUT2D eigenvalue weighted by Crippen LogP contribution is 2.18. The number of nitrogens with one attached hydrogen (secondary N) is 1. The first-order valence-corrected chi connectivity index (χ1v) is 11.8. The van der Waals surface area contributed by atoms with E-state index < -0.39 is 5.69 Å². The van der Waals surface area contributed by atoms with Crippen LogP contribution in [0.25, 0.3) is 10.2 Å². The maximum absolute atomic E-state index is 13.3. The van der Waals surface area contributed by atoms with Crippen molar-refractivity contribution in [1.29, 1.82) is 0 Å². The third-order valence-electron chi connectivity index (χ3n) is 5.16. The lowest BCUT2D eigenvalue weighted by Gasteiger charge is -2.13. The number of carbonyl (C=O) groups is 1. The Bertz CT molecular complexity index is 1400. The smallest absolute Gasteiger partial charge is 0.332 e. The monoisotopic (exact) mass is 479 g/mol. The summed E-state index contributed by atoms with van der Waals surface area (Å²) in [5.74, 6) is 1.05. The van der Waals surface area contributed by atoms with Gasteiger partial charge in [-0.05, 0) is 67.3 Å². The van der Waals surface area contributed by atoms with Gasteiger partial charge in [0.1, 0.15) is 22.7 Å². The number of amides is 1. The number of hydrogen-bond acceptors (Lipinski definition) is 6. The van der Waals surface area contributed by atoms with Crippen molar-refractivity contribution in [3.05, 3.63) is 86.4 Å². The normalized spacial score (nSPS) is 10.9. The number of benzene rings is 2. The fourth-order valence-electron chi connectivity index (χ4n) is 3.61. The molecule has 1 N–H and O–H groups in total. The van der Waals surface area contributed by atoms with Crippen LogP contribution in [0.5, 0.6) is 11.5 Å². The molecule has 4 aromatic rings. The predicted molar refractivity (Wildman–Crippen MR) is 133 cm³/mol. The second-order valence-corrected chi connectivity index (χ2v) is 8.39. The van der Waals surface area contributed by atoms with Gasteiger partial charge in [0.2, 0.25) is 5.91 Å². The topological polar surface area (TPSA) is 91.6 Å². The molecule has 0 spiro atoms. The summed E-state index contributed by atoms with van der Waals surface area (Å²) in [5, 5.41) is 4.54. The molecule has 2 aromatic heterocycles. The molecule has 34 heavy (non-hydrogen) atoms. The van der Waals surface area contributed by atoms with Crippen LogP contribution in [0.2, 0.25) is 0 Å². The summed E-state index contributed by atoms with van der Waals surface area (Å²) in [4.78, 5) is 39.1. The van der Waals surface area contributed by atoms with Crippen molar-refractivity contribution < 1.29 is 14.3 Å². The Morgan fingerprint density at radius 1 is 0.882 bits per heavy atom. The van der Waals surface area contributed by atoms with Crippen LogP contribution in [0.15, 0.2) is 69.6 Å². The van der Waals surface area contributed by atoms with Crippen LogP contribution >= 0.6 is 11.3 Å². The van der Waals surface area contributed by atoms with Crippen molar-refractivity contribution in [3.63, 3.8) is 0 Å². The lowest BCUT2D eigenvalue weighted by atomic mass is 10.2. The van der Waals surface area contributed by atoms with Crippen molar-refractivity contribution in [2.24, 2.45) is 0 Å². The van der Waals surface area contributed by atoms with Crippen LogP contribution in [-0.2, 0) is 17.9 Å². The van der Waals surface area contributed by atoms with Crippen molar-refractivity contribution in [3.8, 4) is 11.5 Å². The quantitative estimate of drug-likeness (QED) is 0.395. The van der Waals surface area contributed by atoms with Gasteiger partial charge in [-0.1, -0.05) is 12.1 Å². The van der Waals surface area contributed by atoms with Gasteiger partial charge < -0.3 is 14.8 Å². The highest BCUT2D eigenvalue weighted by atomic mass is 32.1. The molecule has 0 saturated heterocycles. The number of fused-ring (bicyclic) bond motifs is 1. The Labute approximate surface area is 200 Å². The molecule has 0 saturated carbocycles. The molecule has 0 radical (unpaired) electrons. The standard InChI is InChI=1S/C25H25N3O5S/c1-3-32-19-9-5-17(6-10-19)15-28-24(30)23-21(13-14-34-23)27(25(28)31)16-22(29)26-18-7-11-20(12-8-18)33-4-2/h5-14H,3-4,15-16H2,1-2H3,(H,26,29). The molecule has 0 aliphatic heterocycles. The lowest BCUT2D eigenvalue weighted by molar-refractivity contribution is -0.116. The fourth-order valence-corrected chi connectivity index (χ4v) is 4.45. The minimum absolute atomic E-state index is 0.0957. The molecule has 8 nitrogen and oxygen atoms in total. The van der Waals surface area contributed by atoms with Gasteiger partial charge in [0.25, 0.3) is 5.56 Å². The number of aromatic nitrogens is 2. The summed E-state index contributed by atoms with van der Waals surface area (Å²) < 4.78 is 13.8. The minimum atomic E-state index is -0.536. The molecule has 9 heteroatoms.